The maximum atomic E-state index is 12.8. The molecule has 2 aromatic heterocycles. The van der Waals surface area contributed by atoms with Gasteiger partial charge in [-0.25, -0.2) is 9.97 Å². The Bertz CT molecular complexity index is 685. The number of ether oxygens (including phenoxy) is 1. The largest absolute Gasteiger partial charge is 0.433 e. The van der Waals surface area contributed by atoms with E-state index in [0.29, 0.717) is 24.9 Å². The molecule has 0 spiro atoms. The summed E-state index contributed by atoms with van der Waals surface area (Å²) in [4.78, 5) is 11.6. The highest BCUT2D eigenvalue weighted by Crippen LogP contribution is 2.33. The van der Waals surface area contributed by atoms with Crippen LogP contribution in [0.25, 0.3) is 0 Å². The average molecular weight is 343 g/mol. The maximum Gasteiger partial charge on any atom is 0.433 e. The average Bonchev–Trinajstić information content (AvgIpc) is 2.99. The van der Waals surface area contributed by atoms with E-state index >= 15 is 0 Å². The Morgan fingerprint density at radius 1 is 1.25 bits per heavy atom. The summed E-state index contributed by atoms with van der Waals surface area (Å²) in [6, 6.07) is 0.351. The van der Waals surface area contributed by atoms with Crippen LogP contribution in [0.3, 0.4) is 0 Å². The third kappa shape index (κ3) is 3.81. The van der Waals surface area contributed by atoms with Crippen molar-refractivity contribution in [2.45, 2.75) is 32.0 Å². The van der Waals surface area contributed by atoms with Crippen molar-refractivity contribution in [2.24, 2.45) is 5.92 Å². The number of halogens is 3. The summed E-state index contributed by atoms with van der Waals surface area (Å²) in [7, 11) is 0. The normalized spacial score (nSPS) is 17.7. The SMILES string of the molecule is Cc1noc([C@@H](Nc2nccc(C(F)(F)F)n2)C2CCOCC2)n1. The summed E-state index contributed by atoms with van der Waals surface area (Å²) in [5.41, 5.74) is -1.01. The van der Waals surface area contributed by atoms with Crippen LogP contribution in [0, 0.1) is 12.8 Å². The van der Waals surface area contributed by atoms with Crippen LogP contribution < -0.4 is 5.32 Å². The Kier molecular flexibility index (Phi) is 4.65. The van der Waals surface area contributed by atoms with Crippen LogP contribution in [0.1, 0.15) is 36.3 Å². The van der Waals surface area contributed by atoms with Gasteiger partial charge in [-0.2, -0.15) is 18.2 Å². The molecule has 1 aliphatic heterocycles. The molecule has 0 aromatic carbocycles. The van der Waals surface area contributed by atoms with E-state index < -0.39 is 17.9 Å². The summed E-state index contributed by atoms with van der Waals surface area (Å²) < 4.78 is 49.0. The van der Waals surface area contributed by atoms with Gasteiger partial charge in [-0.3, -0.25) is 0 Å². The Morgan fingerprint density at radius 3 is 2.62 bits per heavy atom. The standard InChI is InChI=1S/C14H16F3N5O2/c1-8-19-12(24-22-8)11(9-3-6-23-7-4-9)21-13-18-5-2-10(20-13)14(15,16)17/h2,5,9,11H,3-4,6-7H2,1H3,(H,18,20,21)/t11-/m0/s1. The fourth-order valence-electron chi connectivity index (χ4n) is 2.60. The second-order valence-electron chi connectivity index (χ2n) is 5.51. The second kappa shape index (κ2) is 6.71. The molecule has 0 amide bonds. The molecular weight excluding hydrogens is 327 g/mol. The highest BCUT2D eigenvalue weighted by molar-refractivity contribution is 5.29. The van der Waals surface area contributed by atoms with Crippen molar-refractivity contribution in [3.8, 4) is 0 Å². The number of rotatable bonds is 4. The second-order valence-corrected chi connectivity index (χ2v) is 5.51. The van der Waals surface area contributed by atoms with E-state index in [1.54, 1.807) is 6.92 Å². The van der Waals surface area contributed by atoms with Crippen molar-refractivity contribution in [3.63, 3.8) is 0 Å². The number of hydrogen-bond acceptors (Lipinski definition) is 7. The zero-order chi connectivity index (χ0) is 17.2. The van der Waals surface area contributed by atoms with Crippen LogP contribution in [-0.2, 0) is 10.9 Å². The molecule has 3 rings (SSSR count). The third-order valence-electron chi connectivity index (χ3n) is 3.78. The molecular formula is C14H16F3N5O2. The molecule has 0 unspecified atom stereocenters. The quantitative estimate of drug-likeness (QED) is 0.913. The fourth-order valence-corrected chi connectivity index (χ4v) is 2.60. The zero-order valence-corrected chi connectivity index (χ0v) is 12.9. The monoisotopic (exact) mass is 343 g/mol. The maximum absolute atomic E-state index is 12.8. The number of nitrogens with one attached hydrogen (secondary N) is 1. The molecule has 0 bridgehead atoms. The van der Waals surface area contributed by atoms with Gasteiger partial charge < -0.3 is 14.6 Å². The van der Waals surface area contributed by atoms with Crippen molar-refractivity contribution < 1.29 is 22.4 Å². The predicted molar refractivity (Wildman–Crippen MR) is 76.0 cm³/mol. The van der Waals surface area contributed by atoms with E-state index in [1.165, 1.54) is 0 Å². The van der Waals surface area contributed by atoms with Crippen LogP contribution in [0.2, 0.25) is 0 Å². The topological polar surface area (TPSA) is 86.0 Å². The van der Waals surface area contributed by atoms with Crippen molar-refractivity contribution in [2.75, 3.05) is 18.5 Å². The van der Waals surface area contributed by atoms with Crippen LogP contribution in [0.5, 0.6) is 0 Å². The van der Waals surface area contributed by atoms with Gasteiger partial charge in [0, 0.05) is 19.4 Å². The minimum Gasteiger partial charge on any atom is -0.381 e. The minimum atomic E-state index is -4.53. The first-order chi connectivity index (χ1) is 11.4. The number of alkyl halides is 3. The van der Waals surface area contributed by atoms with Gasteiger partial charge in [0.2, 0.25) is 11.8 Å². The van der Waals surface area contributed by atoms with Gasteiger partial charge in [0.15, 0.2) is 5.82 Å². The first-order valence-electron chi connectivity index (χ1n) is 7.48. The molecule has 1 saturated heterocycles. The molecule has 10 heteroatoms. The summed E-state index contributed by atoms with van der Waals surface area (Å²) in [6.07, 6.45) is -2.02. The van der Waals surface area contributed by atoms with Gasteiger partial charge in [-0.1, -0.05) is 5.16 Å². The molecule has 1 N–H and O–H groups in total. The Morgan fingerprint density at radius 2 is 2.00 bits per heavy atom. The fraction of sp³-hybridized carbons (Fsp3) is 0.571. The molecule has 24 heavy (non-hydrogen) atoms. The highest BCUT2D eigenvalue weighted by atomic mass is 19.4. The van der Waals surface area contributed by atoms with Crippen molar-refractivity contribution >= 4 is 5.95 Å². The molecule has 0 saturated carbocycles. The molecule has 1 fully saturated rings. The lowest BCUT2D eigenvalue weighted by Crippen LogP contribution is -2.28. The number of anilines is 1. The first kappa shape index (κ1) is 16.6. The number of aryl methyl sites for hydroxylation is 1. The van der Waals surface area contributed by atoms with E-state index in [2.05, 4.69) is 25.4 Å². The van der Waals surface area contributed by atoms with Crippen molar-refractivity contribution in [1.29, 1.82) is 0 Å². The lowest BCUT2D eigenvalue weighted by atomic mass is 9.91. The molecule has 2 aromatic rings. The van der Waals surface area contributed by atoms with Crippen molar-refractivity contribution in [1.82, 2.24) is 20.1 Å². The Labute approximate surface area is 135 Å². The molecule has 0 radical (unpaired) electrons. The van der Waals surface area contributed by atoms with Crippen molar-refractivity contribution in [3.05, 3.63) is 29.7 Å². The highest BCUT2D eigenvalue weighted by Gasteiger charge is 2.34. The molecule has 7 nitrogen and oxygen atoms in total. The summed E-state index contributed by atoms with van der Waals surface area (Å²) >= 11 is 0. The number of aromatic nitrogens is 4. The predicted octanol–water partition coefficient (Wildman–Crippen LogP) is 2.77. The summed E-state index contributed by atoms with van der Waals surface area (Å²) in [5, 5.41) is 6.67. The van der Waals surface area contributed by atoms with Gasteiger partial charge in [-0.05, 0) is 31.7 Å². The van der Waals surface area contributed by atoms with Gasteiger partial charge in [0.25, 0.3) is 0 Å². The first-order valence-corrected chi connectivity index (χ1v) is 7.48. The third-order valence-corrected chi connectivity index (χ3v) is 3.78. The molecule has 130 valence electrons. The van der Waals surface area contributed by atoms with Gasteiger partial charge >= 0.3 is 6.18 Å². The smallest absolute Gasteiger partial charge is 0.381 e. The van der Waals surface area contributed by atoms with Crippen LogP contribution >= 0.6 is 0 Å². The van der Waals surface area contributed by atoms with E-state index in [1.807, 2.05) is 0 Å². The molecule has 1 atom stereocenters. The summed E-state index contributed by atoms with van der Waals surface area (Å²) in [5.74, 6) is 0.697. The van der Waals surface area contributed by atoms with Crippen LogP contribution in [0.15, 0.2) is 16.8 Å². The molecule has 3 heterocycles. The molecule has 0 aliphatic carbocycles. The van der Waals surface area contributed by atoms with Gasteiger partial charge in [0.1, 0.15) is 11.7 Å². The minimum absolute atomic E-state index is 0.0664. The number of hydrogen-bond donors (Lipinski definition) is 1. The molecule has 1 aliphatic rings. The zero-order valence-electron chi connectivity index (χ0n) is 12.9. The van der Waals surface area contributed by atoms with Gasteiger partial charge in [0.05, 0.1) is 0 Å². The lowest BCUT2D eigenvalue weighted by molar-refractivity contribution is -0.141. The Balaban J connectivity index is 1.86. The van der Waals surface area contributed by atoms with Gasteiger partial charge in [-0.15, -0.1) is 0 Å². The summed E-state index contributed by atoms with van der Waals surface area (Å²) in [6.45, 7) is 2.81. The van der Waals surface area contributed by atoms with E-state index in [-0.39, 0.29) is 11.9 Å². The van der Waals surface area contributed by atoms with E-state index in [4.69, 9.17) is 9.26 Å². The van der Waals surface area contributed by atoms with Crippen LogP contribution in [0.4, 0.5) is 19.1 Å². The van der Waals surface area contributed by atoms with Crippen LogP contribution in [-0.4, -0.2) is 33.3 Å². The Hall–Kier alpha value is -2.23. The lowest BCUT2D eigenvalue weighted by Gasteiger charge is -2.28. The number of nitrogens with zero attached hydrogens (tertiary/aromatic N) is 4. The van der Waals surface area contributed by atoms with E-state index in [9.17, 15) is 13.2 Å². The van der Waals surface area contributed by atoms with E-state index in [0.717, 1.165) is 25.1 Å².